The van der Waals surface area contributed by atoms with E-state index in [-0.39, 0.29) is 10.9 Å². The Balaban J connectivity index is 2.11. The highest BCUT2D eigenvalue weighted by atomic mass is 79.9. The first-order chi connectivity index (χ1) is 8.53. The topological polar surface area (TPSA) is 46.2 Å². The maximum atomic E-state index is 12.3. The summed E-state index contributed by atoms with van der Waals surface area (Å²) in [7, 11) is -3.34. The van der Waals surface area contributed by atoms with Gasteiger partial charge in [-0.3, -0.25) is 0 Å². The molecular weight excluding hydrogens is 334 g/mol. The number of rotatable bonds is 4. The zero-order valence-electron chi connectivity index (χ0n) is 10.4. The number of aryl methyl sites for hydroxylation is 1. The highest BCUT2D eigenvalue weighted by Gasteiger charge is 2.28. The standard InChI is InChI=1S/C12H18BrNO2S2/c1-2-9-7-8-12(17-9)18(15,16)14-11-6-4-3-5-10(11)13/h7-8,10-11,14H,2-6H2,1H3. The van der Waals surface area contributed by atoms with Crippen molar-refractivity contribution < 1.29 is 8.42 Å². The smallest absolute Gasteiger partial charge is 0.206 e. The lowest BCUT2D eigenvalue weighted by molar-refractivity contribution is 0.427. The summed E-state index contributed by atoms with van der Waals surface area (Å²) in [5.41, 5.74) is 0. The Bertz CT molecular complexity index is 498. The number of sulfonamides is 1. The predicted molar refractivity (Wildman–Crippen MR) is 79.0 cm³/mol. The molecule has 1 heterocycles. The van der Waals surface area contributed by atoms with Crippen molar-refractivity contribution in [2.24, 2.45) is 0 Å². The van der Waals surface area contributed by atoms with Crippen molar-refractivity contribution in [2.45, 2.75) is 54.1 Å². The SMILES string of the molecule is CCc1ccc(S(=O)(=O)NC2CCCCC2Br)s1. The molecule has 1 N–H and O–H groups in total. The Morgan fingerprint density at radius 1 is 1.39 bits per heavy atom. The molecule has 18 heavy (non-hydrogen) atoms. The molecular formula is C12H18BrNO2S2. The second-order valence-electron chi connectivity index (χ2n) is 4.60. The van der Waals surface area contributed by atoms with Crippen molar-refractivity contribution in [2.75, 3.05) is 0 Å². The second-order valence-corrected chi connectivity index (χ2v) is 8.89. The van der Waals surface area contributed by atoms with Gasteiger partial charge in [0.05, 0.1) is 0 Å². The van der Waals surface area contributed by atoms with Crippen LogP contribution in [0.1, 0.15) is 37.5 Å². The quantitative estimate of drug-likeness (QED) is 0.846. The van der Waals surface area contributed by atoms with E-state index >= 15 is 0 Å². The van der Waals surface area contributed by atoms with E-state index in [2.05, 4.69) is 20.7 Å². The molecule has 0 spiro atoms. The van der Waals surface area contributed by atoms with E-state index in [4.69, 9.17) is 0 Å². The summed E-state index contributed by atoms with van der Waals surface area (Å²) in [6.45, 7) is 2.03. The number of hydrogen-bond donors (Lipinski definition) is 1. The van der Waals surface area contributed by atoms with Gasteiger partial charge in [-0.2, -0.15) is 0 Å². The van der Waals surface area contributed by atoms with Gasteiger partial charge in [0.15, 0.2) is 0 Å². The molecule has 1 aliphatic carbocycles. The Labute approximate surface area is 121 Å². The molecule has 1 fully saturated rings. The molecule has 0 saturated heterocycles. The molecule has 1 aromatic heterocycles. The van der Waals surface area contributed by atoms with Gasteiger partial charge < -0.3 is 0 Å². The van der Waals surface area contributed by atoms with E-state index in [1.165, 1.54) is 17.8 Å². The normalized spacial score (nSPS) is 25.2. The molecule has 3 nitrogen and oxygen atoms in total. The van der Waals surface area contributed by atoms with Gasteiger partial charge in [0.25, 0.3) is 0 Å². The van der Waals surface area contributed by atoms with Crippen LogP contribution in [0, 0.1) is 0 Å². The monoisotopic (exact) mass is 351 g/mol. The van der Waals surface area contributed by atoms with Gasteiger partial charge >= 0.3 is 0 Å². The molecule has 102 valence electrons. The molecule has 0 aliphatic heterocycles. The zero-order chi connectivity index (χ0) is 13.2. The Hall–Kier alpha value is 0.0900. The van der Waals surface area contributed by atoms with Gasteiger partial charge in [0.1, 0.15) is 4.21 Å². The van der Waals surface area contributed by atoms with E-state index in [0.717, 1.165) is 30.6 Å². The molecule has 0 aromatic carbocycles. The number of alkyl halides is 1. The number of nitrogens with one attached hydrogen (secondary N) is 1. The minimum atomic E-state index is -3.34. The molecule has 1 aromatic rings. The van der Waals surface area contributed by atoms with Crippen molar-refractivity contribution in [3.05, 3.63) is 17.0 Å². The largest absolute Gasteiger partial charge is 0.250 e. The van der Waals surface area contributed by atoms with Crippen LogP contribution >= 0.6 is 27.3 Å². The average Bonchev–Trinajstić information content (AvgIpc) is 2.81. The molecule has 0 radical (unpaired) electrons. The van der Waals surface area contributed by atoms with E-state index in [0.29, 0.717) is 4.21 Å². The van der Waals surface area contributed by atoms with Crippen molar-refractivity contribution in [1.29, 1.82) is 0 Å². The summed E-state index contributed by atoms with van der Waals surface area (Å²) in [5, 5.41) is 0. The Kier molecular flexibility index (Phi) is 4.86. The molecule has 0 bridgehead atoms. The predicted octanol–water partition coefficient (Wildman–Crippen LogP) is 3.29. The number of thiophene rings is 1. The van der Waals surface area contributed by atoms with Crippen molar-refractivity contribution in [1.82, 2.24) is 4.72 Å². The van der Waals surface area contributed by atoms with Crippen molar-refractivity contribution in [3.63, 3.8) is 0 Å². The molecule has 1 saturated carbocycles. The third-order valence-electron chi connectivity index (χ3n) is 3.24. The minimum absolute atomic E-state index is 0.0240. The summed E-state index contributed by atoms with van der Waals surface area (Å²) in [5.74, 6) is 0. The Morgan fingerprint density at radius 2 is 2.11 bits per heavy atom. The maximum absolute atomic E-state index is 12.3. The molecule has 2 atom stereocenters. The van der Waals surface area contributed by atoms with Gasteiger partial charge in [-0.25, -0.2) is 13.1 Å². The van der Waals surface area contributed by atoms with Crippen LogP contribution in [-0.4, -0.2) is 19.3 Å². The fourth-order valence-electron chi connectivity index (χ4n) is 2.17. The van der Waals surface area contributed by atoms with Crippen LogP contribution in [0.15, 0.2) is 16.3 Å². The summed E-state index contributed by atoms with van der Waals surface area (Å²) in [4.78, 5) is 1.36. The van der Waals surface area contributed by atoms with Crippen LogP contribution < -0.4 is 4.72 Å². The van der Waals surface area contributed by atoms with Gasteiger partial charge in [-0.15, -0.1) is 11.3 Å². The molecule has 2 rings (SSSR count). The van der Waals surface area contributed by atoms with Gasteiger partial charge in [-0.1, -0.05) is 35.7 Å². The summed E-state index contributed by atoms with van der Waals surface area (Å²) < 4.78 is 27.8. The third-order valence-corrected chi connectivity index (χ3v) is 7.55. The van der Waals surface area contributed by atoms with Crippen LogP contribution in [0.2, 0.25) is 0 Å². The van der Waals surface area contributed by atoms with E-state index < -0.39 is 10.0 Å². The lowest BCUT2D eigenvalue weighted by Crippen LogP contribution is -2.42. The van der Waals surface area contributed by atoms with Gasteiger partial charge in [-0.05, 0) is 31.4 Å². The zero-order valence-corrected chi connectivity index (χ0v) is 13.6. The van der Waals surface area contributed by atoms with Crippen LogP contribution in [0.3, 0.4) is 0 Å². The second kappa shape index (κ2) is 6.03. The summed E-state index contributed by atoms with van der Waals surface area (Å²) in [6.07, 6.45) is 5.11. The van der Waals surface area contributed by atoms with E-state index in [9.17, 15) is 8.42 Å². The van der Waals surface area contributed by atoms with Gasteiger partial charge in [0, 0.05) is 15.7 Å². The minimum Gasteiger partial charge on any atom is -0.206 e. The maximum Gasteiger partial charge on any atom is 0.250 e. The molecule has 2 unspecified atom stereocenters. The van der Waals surface area contributed by atoms with Gasteiger partial charge in [0.2, 0.25) is 10.0 Å². The van der Waals surface area contributed by atoms with Crippen LogP contribution in [-0.2, 0) is 16.4 Å². The lowest BCUT2D eigenvalue weighted by Gasteiger charge is -2.27. The van der Waals surface area contributed by atoms with Crippen LogP contribution in [0.25, 0.3) is 0 Å². The van der Waals surface area contributed by atoms with Crippen LogP contribution in [0.5, 0.6) is 0 Å². The molecule has 1 aliphatic rings. The summed E-state index contributed by atoms with van der Waals surface area (Å²) in [6, 6.07) is 3.62. The fourth-order valence-corrected chi connectivity index (χ4v) is 5.69. The van der Waals surface area contributed by atoms with E-state index in [1.54, 1.807) is 6.07 Å². The number of hydrogen-bond acceptors (Lipinski definition) is 3. The van der Waals surface area contributed by atoms with E-state index in [1.807, 2.05) is 13.0 Å². The Morgan fingerprint density at radius 3 is 2.72 bits per heavy atom. The van der Waals surface area contributed by atoms with Crippen LogP contribution in [0.4, 0.5) is 0 Å². The average molecular weight is 352 g/mol. The third kappa shape index (κ3) is 3.35. The summed E-state index contributed by atoms with van der Waals surface area (Å²) >= 11 is 4.94. The molecule has 0 amide bonds. The number of halogens is 1. The van der Waals surface area contributed by atoms with Crippen molar-refractivity contribution >= 4 is 37.3 Å². The lowest BCUT2D eigenvalue weighted by atomic mass is 9.96. The first-order valence-electron chi connectivity index (χ1n) is 6.28. The molecule has 6 heteroatoms. The highest BCUT2D eigenvalue weighted by molar-refractivity contribution is 9.09. The highest BCUT2D eigenvalue weighted by Crippen LogP contribution is 2.27. The fraction of sp³-hybridized carbons (Fsp3) is 0.667. The first kappa shape index (κ1) is 14.5. The van der Waals surface area contributed by atoms with Crippen molar-refractivity contribution in [3.8, 4) is 0 Å². The first-order valence-corrected chi connectivity index (χ1v) is 9.49.